The SMILES string of the molecule is CCc1cc(C(=O)N[C@H](CC(C)C)C(=O)O)sc1C. The Morgan fingerprint density at radius 2 is 2.05 bits per heavy atom. The van der Waals surface area contributed by atoms with E-state index in [1.807, 2.05) is 33.8 Å². The van der Waals surface area contributed by atoms with Crippen LogP contribution in [0.15, 0.2) is 6.07 Å². The minimum Gasteiger partial charge on any atom is -0.480 e. The summed E-state index contributed by atoms with van der Waals surface area (Å²) in [6.45, 7) is 7.89. The van der Waals surface area contributed by atoms with Crippen molar-refractivity contribution in [2.45, 2.75) is 46.6 Å². The molecule has 19 heavy (non-hydrogen) atoms. The van der Waals surface area contributed by atoms with Gasteiger partial charge in [0.25, 0.3) is 5.91 Å². The molecule has 0 aliphatic heterocycles. The van der Waals surface area contributed by atoms with E-state index < -0.39 is 12.0 Å². The summed E-state index contributed by atoms with van der Waals surface area (Å²) in [6.07, 6.45) is 1.32. The zero-order chi connectivity index (χ0) is 14.6. The van der Waals surface area contributed by atoms with Crippen LogP contribution in [0, 0.1) is 12.8 Å². The predicted octanol–water partition coefficient (Wildman–Crippen LogP) is 2.85. The highest BCUT2D eigenvalue weighted by atomic mass is 32.1. The average Bonchev–Trinajstić information content (AvgIpc) is 2.69. The summed E-state index contributed by atoms with van der Waals surface area (Å²) < 4.78 is 0. The molecule has 0 aromatic carbocycles. The van der Waals surface area contributed by atoms with E-state index in [0.29, 0.717) is 11.3 Å². The van der Waals surface area contributed by atoms with E-state index in [4.69, 9.17) is 5.11 Å². The van der Waals surface area contributed by atoms with Gasteiger partial charge in [0.15, 0.2) is 0 Å². The summed E-state index contributed by atoms with van der Waals surface area (Å²) in [7, 11) is 0. The maximum atomic E-state index is 12.1. The molecule has 106 valence electrons. The first-order valence-corrected chi connectivity index (χ1v) is 7.29. The molecule has 5 heteroatoms. The van der Waals surface area contributed by atoms with E-state index in [0.717, 1.165) is 16.9 Å². The van der Waals surface area contributed by atoms with Gasteiger partial charge in [-0.3, -0.25) is 4.79 Å². The number of thiophene rings is 1. The zero-order valence-electron chi connectivity index (χ0n) is 11.8. The second-order valence-electron chi connectivity index (χ2n) is 5.04. The Hall–Kier alpha value is -1.36. The van der Waals surface area contributed by atoms with Crippen molar-refractivity contribution >= 4 is 23.2 Å². The smallest absolute Gasteiger partial charge is 0.326 e. The molecule has 1 rings (SSSR count). The van der Waals surface area contributed by atoms with Crippen LogP contribution >= 0.6 is 11.3 Å². The van der Waals surface area contributed by atoms with E-state index in [9.17, 15) is 9.59 Å². The molecule has 0 bridgehead atoms. The quantitative estimate of drug-likeness (QED) is 0.843. The molecular weight excluding hydrogens is 262 g/mol. The summed E-state index contributed by atoms with van der Waals surface area (Å²) in [5.74, 6) is -1.05. The number of nitrogens with one attached hydrogen (secondary N) is 1. The van der Waals surface area contributed by atoms with Gasteiger partial charge in [0, 0.05) is 4.88 Å². The van der Waals surface area contributed by atoms with E-state index in [-0.39, 0.29) is 11.8 Å². The topological polar surface area (TPSA) is 66.4 Å². The summed E-state index contributed by atoms with van der Waals surface area (Å²) in [6, 6.07) is 1.03. The lowest BCUT2D eigenvalue weighted by atomic mass is 10.0. The van der Waals surface area contributed by atoms with Crippen LogP contribution in [0.3, 0.4) is 0 Å². The van der Waals surface area contributed by atoms with Crippen LogP contribution in [0.25, 0.3) is 0 Å². The summed E-state index contributed by atoms with van der Waals surface area (Å²) in [5, 5.41) is 11.7. The van der Waals surface area contributed by atoms with Crippen molar-refractivity contribution in [3.8, 4) is 0 Å². The van der Waals surface area contributed by atoms with Gasteiger partial charge in [0.05, 0.1) is 4.88 Å². The molecule has 1 aromatic heterocycles. The highest BCUT2D eigenvalue weighted by Crippen LogP contribution is 2.22. The van der Waals surface area contributed by atoms with Gasteiger partial charge in [-0.05, 0) is 37.3 Å². The normalized spacial score (nSPS) is 12.5. The number of carboxylic acids is 1. The molecule has 1 atom stereocenters. The fourth-order valence-corrected chi connectivity index (χ4v) is 2.92. The third-order valence-electron chi connectivity index (χ3n) is 2.94. The van der Waals surface area contributed by atoms with Crippen LogP contribution in [0.5, 0.6) is 0 Å². The number of aryl methyl sites for hydroxylation is 2. The van der Waals surface area contributed by atoms with Gasteiger partial charge in [-0.1, -0.05) is 20.8 Å². The second-order valence-corrected chi connectivity index (χ2v) is 6.30. The van der Waals surface area contributed by atoms with Crippen LogP contribution in [-0.2, 0) is 11.2 Å². The molecule has 1 heterocycles. The van der Waals surface area contributed by atoms with Crippen LogP contribution in [-0.4, -0.2) is 23.0 Å². The van der Waals surface area contributed by atoms with Gasteiger partial charge in [-0.25, -0.2) is 4.79 Å². The Morgan fingerprint density at radius 3 is 2.47 bits per heavy atom. The predicted molar refractivity (Wildman–Crippen MR) is 76.8 cm³/mol. The molecule has 0 aliphatic carbocycles. The fraction of sp³-hybridized carbons (Fsp3) is 0.571. The largest absolute Gasteiger partial charge is 0.480 e. The second kappa shape index (κ2) is 6.70. The van der Waals surface area contributed by atoms with Crippen molar-refractivity contribution in [3.05, 3.63) is 21.4 Å². The number of rotatable bonds is 6. The summed E-state index contributed by atoms with van der Waals surface area (Å²) >= 11 is 1.41. The molecular formula is C14H21NO3S. The van der Waals surface area contributed by atoms with E-state index in [1.165, 1.54) is 11.3 Å². The van der Waals surface area contributed by atoms with E-state index in [1.54, 1.807) is 0 Å². The van der Waals surface area contributed by atoms with E-state index >= 15 is 0 Å². The molecule has 2 N–H and O–H groups in total. The Bertz CT molecular complexity index is 465. The molecule has 0 radical (unpaired) electrons. The van der Waals surface area contributed by atoms with Crippen molar-refractivity contribution in [1.29, 1.82) is 0 Å². The van der Waals surface area contributed by atoms with Gasteiger partial charge in [0.1, 0.15) is 6.04 Å². The first-order chi connectivity index (χ1) is 8.85. The molecule has 4 nitrogen and oxygen atoms in total. The van der Waals surface area contributed by atoms with Crippen molar-refractivity contribution in [2.24, 2.45) is 5.92 Å². The minimum atomic E-state index is -0.981. The van der Waals surface area contributed by atoms with Gasteiger partial charge >= 0.3 is 5.97 Å². The maximum absolute atomic E-state index is 12.1. The molecule has 1 aromatic rings. The van der Waals surface area contributed by atoms with E-state index in [2.05, 4.69) is 5.32 Å². The van der Waals surface area contributed by atoms with Crippen LogP contribution < -0.4 is 5.32 Å². The summed E-state index contributed by atoms with van der Waals surface area (Å²) in [4.78, 5) is 24.9. The van der Waals surface area contributed by atoms with Crippen molar-refractivity contribution in [2.75, 3.05) is 0 Å². The number of carbonyl (C=O) groups is 2. The van der Waals surface area contributed by atoms with Gasteiger partial charge in [0.2, 0.25) is 0 Å². The fourth-order valence-electron chi connectivity index (χ4n) is 1.90. The number of carboxylic acid groups (broad SMARTS) is 1. The van der Waals surface area contributed by atoms with Crippen molar-refractivity contribution in [1.82, 2.24) is 5.32 Å². The maximum Gasteiger partial charge on any atom is 0.326 e. The van der Waals surface area contributed by atoms with Crippen LogP contribution in [0.1, 0.15) is 47.3 Å². The standard InChI is InChI=1S/C14H21NO3S/c1-5-10-7-12(19-9(10)4)13(16)15-11(14(17)18)6-8(2)3/h7-8,11H,5-6H2,1-4H3,(H,15,16)(H,17,18)/t11-/m1/s1. The first-order valence-electron chi connectivity index (χ1n) is 6.48. The lowest BCUT2D eigenvalue weighted by molar-refractivity contribution is -0.139. The molecule has 0 aliphatic rings. The number of aliphatic carboxylic acids is 1. The Labute approximate surface area is 117 Å². The number of hydrogen-bond acceptors (Lipinski definition) is 3. The molecule has 1 amide bonds. The number of amides is 1. The number of carbonyl (C=O) groups excluding carboxylic acids is 1. The molecule has 0 spiro atoms. The highest BCUT2D eigenvalue weighted by Gasteiger charge is 2.22. The number of hydrogen-bond donors (Lipinski definition) is 2. The van der Waals surface area contributed by atoms with Crippen molar-refractivity contribution in [3.63, 3.8) is 0 Å². The van der Waals surface area contributed by atoms with Gasteiger partial charge < -0.3 is 10.4 Å². The highest BCUT2D eigenvalue weighted by molar-refractivity contribution is 7.14. The Balaban J connectivity index is 2.78. The molecule has 0 fully saturated rings. The molecule has 0 saturated carbocycles. The van der Waals surface area contributed by atoms with Gasteiger partial charge in [-0.15, -0.1) is 11.3 Å². The third kappa shape index (κ3) is 4.35. The Kier molecular flexibility index (Phi) is 5.54. The molecule has 0 unspecified atom stereocenters. The Morgan fingerprint density at radius 1 is 1.42 bits per heavy atom. The lowest BCUT2D eigenvalue weighted by Crippen LogP contribution is -2.41. The first kappa shape index (κ1) is 15.7. The monoisotopic (exact) mass is 283 g/mol. The third-order valence-corrected chi connectivity index (χ3v) is 4.03. The average molecular weight is 283 g/mol. The van der Waals surface area contributed by atoms with Crippen molar-refractivity contribution < 1.29 is 14.7 Å². The zero-order valence-corrected chi connectivity index (χ0v) is 12.6. The molecule has 0 saturated heterocycles. The summed E-state index contributed by atoms with van der Waals surface area (Å²) in [5.41, 5.74) is 1.14. The van der Waals surface area contributed by atoms with Gasteiger partial charge in [-0.2, -0.15) is 0 Å². The van der Waals surface area contributed by atoms with Crippen LogP contribution in [0.2, 0.25) is 0 Å². The minimum absolute atomic E-state index is 0.220. The lowest BCUT2D eigenvalue weighted by Gasteiger charge is -2.15. The van der Waals surface area contributed by atoms with Crippen LogP contribution in [0.4, 0.5) is 0 Å².